The molecule has 0 fully saturated rings. The van der Waals surface area contributed by atoms with Gasteiger partial charge < -0.3 is 5.32 Å². The van der Waals surface area contributed by atoms with Crippen LogP contribution in [0.5, 0.6) is 0 Å². The molecule has 0 spiro atoms. The van der Waals surface area contributed by atoms with Gasteiger partial charge in [0, 0.05) is 17.2 Å². The third kappa shape index (κ3) is 3.93. The average molecular weight is 322 g/mol. The zero-order valence-electron chi connectivity index (χ0n) is 9.99. The first-order valence-electron chi connectivity index (χ1n) is 5.15. The summed E-state index contributed by atoms with van der Waals surface area (Å²) in [5.74, 6) is 0.371. The van der Waals surface area contributed by atoms with Crippen LogP contribution < -0.4 is 10.0 Å². The minimum absolute atomic E-state index is 0.371. The summed E-state index contributed by atoms with van der Waals surface area (Å²) in [5, 5.41) is 2.32. The van der Waals surface area contributed by atoms with Crippen molar-refractivity contribution in [2.45, 2.75) is 19.1 Å². The van der Waals surface area contributed by atoms with Crippen LogP contribution in [-0.2, 0) is 10.0 Å². The maximum atomic E-state index is 11.9. The molecule has 5 nitrogen and oxygen atoms in total. The van der Waals surface area contributed by atoms with E-state index >= 15 is 0 Å². The number of hydrogen-bond acceptors (Lipinski definition) is 4. The highest BCUT2D eigenvalue weighted by molar-refractivity contribution is 9.10. The van der Waals surface area contributed by atoms with E-state index in [9.17, 15) is 8.42 Å². The normalized spacial score (nSPS) is 13.4. The summed E-state index contributed by atoms with van der Waals surface area (Å²) < 4.78 is 27.2. The van der Waals surface area contributed by atoms with Crippen LogP contribution in [0.3, 0.4) is 0 Å². The SMILES string of the molecule is CNCC(C)S(=O)(=O)Nc1ncc(Br)cc1C. The van der Waals surface area contributed by atoms with Crippen LogP contribution in [0, 0.1) is 6.92 Å². The van der Waals surface area contributed by atoms with E-state index in [2.05, 4.69) is 31.0 Å². The van der Waals surface area contributed by atoms with Gasteiger partial charge in [0.1, 0.15) is 5.82 Å². The van der Waals surface area contributed by atoms with Crippen molar-refractivity contribution >= 4 is 31.8 Å². The van der Waals surface area contributed by atoms with Crippen LogP contribution in [0.25, 0.3) is 0 Å². The lowest BCUT2D eigenvalue weighted by Crippen LogP contribution is -2.33. The van der Waals surface area contributed by atoms with Crippen molar-refractivity contribution < 1.29 is 8.42 Å². The summed E-state index contributed by atoms with van der Waals surface area (Å²) in [7, 11) is -1.68. The molecule has 0 amide bonds. The Kier molecular flexibility index (Phi) is 4.91. The Morgan fingerprint density at radius 1 is 1.53 bits per heavy atom. The maximum Gasteiger partial charge on any atom is 0.237 e. The second-order valence-corrected chi connectivity index (χ2v) is 6.85. The van der Waals surface area contributed by atoms with Crippen molar-refractivity contribution in [1.29, 1.82) is 0 Å². The van der Waals surface area contributed by atoms with Crippen molar-refractivity contribution in [1.82, 2.24) is 10.3 Å². The number of rotatable bonds is 5. The van der Waals surface area contributed by atoms with E-state index in [1.165, 1.54) is 0 Å². The zero-order valence-corrected chi connectivity index (χ0v) is 12.4. The topological polar surface area (TPSA) is 71.1 Å². The highest BCUT2D eigenvalue weighted by atomic mass is 79.9. The summed E-state index contributed by atoms with van der Waals surface area (Å²) in [6.07, 6.45) is 1.56. The van der Waals surface area contributed by atoms with Crippen LogP contribution in [0.4, 0.5) is 5.82 Å². The number of nitrogens with one attached hydrogen (secondary N) is 2. The van der Waals surface area contributed by atoms with Gasteiger partial charge in [0.05, 0.1) is 5.25 Å². The number of aromatic nitrogens is 1. The molecule has 1 aromatic rings. The van der Waals surface area contributed by atoms with Gasteiger partial charge in [-0.3, -0.25) is 4.72 Å². The highest BCUT2D eigenvalue weighted by Gasteiger charge is 2.21. The Balaban J connectivity index is 2.90. The lowest BCUT2D eigenvalue weighted by atomic mass is 10.3. The zero-order chi connectivity index (χ0) is 13.1. The first kappa shape index (κ1) is 14.4. The molecule has 1 rings (SSSR count). The Morgan fingerprint density at radius 3 is 2.71 bits per heavy atom. The molecule has 0 aliphatic rings. The largest absolute Gasteiger partial charge is 0.318 e. The molecule has 96 valence electrons. The predicted octanol–water partition coefficient (Wildman–Crippen LogP) is 1.50. The molecule has 7 heteroatoms. The van der Waals surface area contributed by atoms with Crippen molar-refractivity contribution in [3.05, 3.63) is 22.3 Å². The van der Waals surface area contributed by atoms with Gasteiger partial charge in [-0.05, 0) is 48.5 Å². The molecule has 2 N–H and O–H groups in total. The Bertz CT molecular complexity index is 490. The lowest BCUT2D eigenvalue weighted by molar-refractivity contribution is 0.583. The van der Waals surface area contributed by atoms with Crippen LogP contribution in [0.2, 0.25) is 0 Å². The van der Waals surface area contributed by atoms with Crippen LogP contribution >= 0.6 is 15.9 Å². The lowest BCUT2D eigenvalue weighted by Gasteiger charge is -2.15. The molecule has 0 aromatic carbocycles. The standard InChI is InChI=1S/C10H16BrN3O2S/c1-7-4-9(11)6-13-10(7)14-17(15,16)8(2)5-12-3/h4,6,8,12H,5H2,1-3H3,(H,13,14). The number of sulfonamides is 1. The summed E-state index contributed by atoms with van der Waals surface area (Å²) >= 11 is 3.28. The Hall–Kier alpha value is -0.660. The van der Waals surface area contributed by atoms with Gasteiger partial charge in [-0.25, -0.2) is 13.4 Å². The maximum absolute atomic E-state index is 11.9. The molecule has 1 atom stereocenters. The molecule has 1 heterocycles. The molecular formula is C10H16BrN3O2S. The average Bonchev–Trinajstić information content (AvgIpc) is 2.22. The van der Waals surface area contributed by atoms with Gasteiger partial charge in [0.2, 0.25) is 10.0 Å². The second-order valence-electron chi connectivity index (χ2n) is 3.83. The molecule has 1 aromatic heterocycles. The minimum Gasteiger partial charge on any atom is -0.318 e. The second kappa shape index (κ2) is 5.79. The first-order valence-corrected chi connectivity index (χ1v) is 7.49. The smallest absolute Gasteiger partial charge is 0.237 e. The van der Waals surface area contributed by atoms with E-state index in [1.807, 2.05) is 6.07 Å². The molecular weight excluding hydrogens is 306 g/mol. The first-order chi connectivity index (χ1) is 7.86. The van der Waals surface area contributed by atoms with E-state index in [0.29, 0.717) is 12.4 Å². The molecule has 0 saturated heterocycles. The fourth-order valence-corrected chi connectivity index (χ4v) is 2.80. The third-order valence-electron chi connectivity index (χ3n) is 2.31. The van der Waals surface area contributed by atoms with Crippen molar-refractivity contribution in [2.24, 2.45) is 0 Å². The molecule has 0 saturated carbocycles. The number of anilines is 1. The monoisotopic (exact) mass is 321 g/mol. The van der Waals surface area contributed by atoms with Gasteiger partial charge in [-0.15, -0.1) is 0 Å². The van der Waals surface area contributed by atoms with E-state index in [4.69, 9.17) is 0 Å². The molecule has 0 aliphatic heterocycles. The number of nitrogens with zero attached hydrogens (tertiary/aromatic N) is 1. The van der Waals surface area contributed by atoms with E-state index in [1.54, 1.807) is 27.1 Å². The summed E-state index contributed by atoms with van der Waals surface area (Å²) in [6, 6.07) is 1.81. The van der Waals surface area contributed by atoms with Gasteiger partial charge in [0.25, 0.3) is 0 Å². The molecule has 0 radical (unpaired) electrons. The molecule has 1 unspecified atom stereocenters. The minimum atomic E-state index is -3.40. The van der Waals surface area contributed by atoms with Gasteiger partial charge >= 0.3 is 0 Å². The number of halogens is 1. The fraction of sp³-hybridized carbons (Fsp3) is 0.500. The van der Waals surface area contributed by atoms with Crippen molar-refractivity contribution in [3.63, 3.8) is 0 Å². The number of pyridine rings is 1. The third-order valence-corrected chi connectivity index (χ3v) is 4.44. The van der Waals surface area contributed by atoms with Gasteiger partial charge in [-0.1, -0.05) is 0 Å². The van der Waals surface area contributed by atoms with Gasteiger partial charge in [-0.2, -0.15) is 0 Å². The van der Waals surface area contributed by atoms with Crippen LogP contribution in [0.15, 0.2) is 16.7 Å². The predicted molar refractivity (Wildman–Crippen MR) is 72.6 cm³/mol. The summed E-state index contributed by atoms with van der Waals surface area (Å²) in [5.41, 5.74) is 0.777. The highest BCUT2D eigenvalue weighted by Crippen LogP contribution is 2.18. The van der Waals surface area contributed by atoms with E-state index in [-0.39, 0.29) is 0 Å². The molecule has 17 heavy (non-hydrogen) atoms. The molecule has 0 aliphatic carbocycles. The quantitative estimate of drug-likeness (QED) is 0.862. The van der Waals surface area contributed by atoms with Gasteiger partial charge in [0.15, 0.2) is 0 Å². The Labute approximate surface area is 110 Å². The van der Waals surface area contributed by atoms with E-state index in [0.717, 1.165) is 10.0 Å². The van der Waals surface area contributed by atoms with E-state index < -0.39 is 15.3 Å². The van der Waals surface area contributed by atoms with Crippen LogP contribution in [0.1, 0.15) is 12.5 Å². The Morgan fingerprint density at radius 2 is 2.18 bits per heavy atom. The summed E-state index contributed by atoms with van der Waals surface area (Å²) in [4.78, 5) is 4.05. The molecule has 0 bridgehead atoms. The van der Waals surface area contributed by atoms with Crippen molar-refractivity contribution in [3.8, 4) is 0 Å². The number of hydrogen-bond donors (Lipinski definition) is 2. The number of aryl methyl sites for hydroxylation is 1. The fourth-order valence-electron chi connectivity index (χ4n) is 1.28. The van der Waals surface area contributed by atoms with Crippen molar-refractivity contribution in [2.75, 3.05) is 18.3 Å². The van der Waals surface area contributed by atoms with Crippen LogP contribution in [-0.4, -0.2) is 32.2 Å². The summed E-state index contributed by atoms with van der Waals surface area (Å²) in [6.45, 7) is 3.84.